The summed E-state index contributed by atoms with van der Waals surface area (Å²) in [5, 5.41) is 6.75. The van der Waals surface area contributed by atoms with Crippen LogP contribution in [0, 0.1) is 13.8 Å². The number of anilines is 1. The zero-order chi connectivity index (χ0) is 18.1. The summed E-state index contributed by atoms with van der Waals surface area (Å²) >= 11 is 5.88. The summed E-state index contributed by atoms with van der Waals surface area (Å²) < 4.78 is 30.3. The minimum absolute atomic E-state index is 0.0391. The molecule has 0 fully saturated rings. The fourth-order valence-electron chi connectivity index (χ4n) is 2.40. The average molecular weight is 367 g/mol. The molecule has 0 aliphatic carbocycles. The van der Waals surface area contributed by atoms with Crippen molar-refractivity contribution in [3.63, 3.8) is 0 Å². The smallest absolute Gasteiger partial charge is 0.387 e. The fourth-order valence-corrected chi connectivity index (χ4v) is 2.62. The van der Waals surface area contributed by atoms with E-state index >= 15 is 0 Å². The summed E-state index contributed by atoms with van der Waals surface area (Å²) in [4.78, 5) is 16.8. The average Bonchev–Trinajstić information content (AvgIpc) is 2.93. The number of carbonyl (C=O) groups excluding carboxylic acids is 1. The number of benzene rings is 1. The molecule has 0 saturated carbocycles. The maximum absolute atomic E-state index is 12.5. The molecule has 0 atom stereocenters. The monoisotopic (exact) mass is 366 g/mol. The van der Waals surface area contributed by atoms with Gasteiger partial charge in [0.25, 0.3) is 5.91 Å². The Labute approximate surface area is 146 Å². The summed E-state index contributed by atoms with van der Waals surface area (Å²) in [7, 11) is 0. The molecule has 2 aromatic heterocycles. The Morgan fingerprint density at radius 3 is 2.76 bits per heavy atom. The third-order valence-corrected chi connectivity index (χ3v) is 3.72. The van der Waals surface area contributed by atoms with E-state index in [4.69, 9.17) is 11.6 Å². The Bertz CT molecular complexity index is 959. The number of nitrogens with one attached hydrogen (secondary N) is 1. The predicted octanol–water partition coefficient (Wildman–Crippen LogP) is 3.85. The van der Waals surface area contributed by atoms with Crippen molar-refractivity contribution < 1.29 is 18.3 Å². The standard InChI is InChI=1S/C16H13ClF2N4O2/c1-8-5-9(2)23-14(21-8)11(7-20-23)15(24)22-10-3-4-13(12(17)6-10)25-16(18)19/h3-7,16H,1-2H3,(H,22,24). The highest BCUT2D eigenvalue weighted by molar-refractivity contribution is 6.32. The molecule has 0 aliphatic heterocycles. The number of aryl methyl sites for hydroxylation is 2. The van der Waals surface area contributed by atoms with Crippen molar-refractivity contribution >= 4 is 28.8 Å². The number of amides is 1. The van der Waals surface area contributed by atoms with Gasteiger partial charge in [-0.2, -0.15) is 13.9 Å². The molecule has 6 nitrogen and oxygen atoms in total. The minimum atomic E-state index is -2.98. The van der Waals surface area contributed by atoms with E-state index in [9.17, 15) is 13.6 Å². The molecule has 1 amide bonds. The SMILES string of the molecule is Cc1cc(C)n2ncc(C(=O)Nc3ccc(OC(F)F)c(Cl)c3)c2n1. The van der Waals surface area contributed by atoms with Crippen LogP contribution in [0.25, 0.3) is 5.65 Å². The van der Waals surface area contributed by atoms with E-state index in [2.05, 4.69) is 20.1 Å². The summed E-state index contributed by atoms with van der Waals surface area (Å²) in [5.41, 5.74) is 2.66. The number of hydrogen-bond donors (Lipinski definition) is 1. The van der Waals surface area contributed by atoms with Crippen molar-refractivity contribution in [3.05, 3.63) is 52.4 Å². The summed E-state index contributed by atoms with van der Waals surface area (Å²) in [6, 6.07) is 5.85. The molecule has 9 heteroatoms. The molecule has 0 spiro atoms. The molecule has 2 heterocycles. The van der Waals surface area contributed by atoms with Gasteiger partial charge < -0.3 is 10.1 Å². The number of fused-ring (bicyclic) bond motifs is 1. The number of aromatic nitrogens is 3. The van der Waals surface area contributed by atoms with E-state index in [1.54, 1.807) is 4.52 Å². The first-order valence-corrected chi connectivity index (χ1v) is 7.60. The molecule has 1 N–H and O–H groups in total. The Morgan fingerprint density at radius 2 is 2.08 bits per heavy atom. The molecule has 1 aromatic carbocycles. The van der Waals surface area contributed by atoms with Crippen LogP contribution in [0.2, 0.25) is 5.02 Å². The van der Waals surface area contributed by atoms with Crippen LogP contribution in [0.15, 0.2) is 30.5 Å². The molecule has 3 rings (SSSR count). The quantitative estimate of drug-likeness (QED) is 0.761. The van der Waals surface area contributed by atoms with Crippen molar-refractivity contribution in [1.82, 2.24) is 14.6 Å². The summed E-state index contributed by atoms with van der Waals surface area (Å²) in [5.74, 6) is -0.607. The van der Waals surface area contributed by atoms with Gasteiger partial charge in [-0.05, 0) is 38.1 Å². The third kappa shape index (κ3) is 3.53. The molecule has 0 unspecified atom stereocenters. The second kappa shape index (κ2) is 6.64. The lowest BCUT2D eigenvalue weighted by Crippen LogP contribution is -2.12. The Morgan fingerprint density at radius 1 is 1.32 bits per heavy atom. The lowest BCUT2D eigenvalue weighted by atomic mass is 10.2. The van der Waals surface area contributed by atoms with E-state index < -0.39 is 12.5 Å². The molecule has 130 valence electrons. The number of ether oxygens (including phenoxy) is 1. The Hall–Kier alpha value is -2.74. The molecule has 0 radical (unpaired) electrons. The molecule has 0 aliphatic rings. The maximum atomic E-state index is 12.5. The van der Waals surface area contributed by atoms with Gasteiger partial charge in [0, 0.05) is 17.1 Å². The van der Waals surface area contributed by atoms with Gasteiger partial charge in [-0.15, -0.1) is 0 Å². The van der Waals surface area contributed by atoms with Crippen LogP contribution in [-0.4, -0.2) is 27.1 Å². The van der Waals surface area contributed by atoms with E-state index in [1.807, 2.05) is 19.9 Å². The molecule has 0 saturated heterocycles. The van der Waals surface area contributed by atoms with Gasteiger partial charge in [0.1, 0.15) is 11.3 Å². The second-order valence-electron chi connectivity index (χ2n) is 5.31. The van der Waals surface area contributed by atoms with Gasteiger partial charge >= 0.3 is 6.61 Å². The number of hydrogen-bond acceptors (Lipinski definition) is 4. The molecular formula is C16H13ClF2N4O2. The topological polar surface area (TPSA) is 68.5 Å². The van der Waals surface area contributed by atoms with Crippen LogP contribution in [0.5, 0.6) is 5.75 Å². The highest BCUT2D eigenvalue weighted by Gasteiger charge is 2.16. The summed E-state index contributed by atoms with van der Waals surface area (Å²) in [6.45, 7) is 0.704. The largest absolute Gasteiger partial charge is 0.433 e. The molecule has 0 bridgehead atoms. The first kappa shape index (κ1) is 17.1. The Balaban J connectivity index is 1.87. The number of carbonyl (C=O) groups is 1. The van der Waals surface area contributed by atoms with Crippen LogP contribution >= 0.6 is 11.6 Å². The molecule has 25 heavy (non-hydrogen) atoms. The van der Waals surface area contributed by atoms with Gasteiger partial charge in [-0.1, -0.05) is 11.6 Å². The number of halogens is 3. The predicted molar refractivity (Wildman–Crippen MR) is 88.5 cm³/mol. The first-order valence-electron chi connectivity index (χ1n) is 7.23. The minimum Gasteiger partial charge on any atom is -0.433 e. The normalized spacial score (nSPS) is 11.1. The summed E-state index contributed by atoms with van der Waals surface area (Å²) in [6.07, 6.45) is 1.42. The van der Waals surface area contributed by atoms with Crippen LogP contribution in [0.1, 0.15) is 21.7 Å². The number of alkyl halides is 2. The van der Waals surface area contributed by atoms with E-state index in [1.165, 1.54) is 24.4 Å². The number of nitrogens with zero attached hydrogens (tertiary/aromatic N) is 3. The van der Waals surface area contributed by atoms with Crippen LogP contribution in [0.4, 0.5) is 14.5 Å². The van der Waals surface area contributed by atoms with Crippen molar-refractivity contribution in [2.24, 2.45) is 0 Å². The van der Waals surface area contributed by atoms with Gasteiger partial charge in [-0.25, -0.2) is 9.50 Å². The van der Waals surface area contributed by atoms with E-state index in [0.717, 1.165) is 11.4 Å². The zero-order valence-corrected chi connectivity index (χ0v) is 14.0. The van der Waals surface area contributed by atoms with Gasteiger partial charge in [0.05, 0.1) is 11.2 Å². The molecular weight excluding hydrogens is 354 g/mol. The van der Waals surface area contributed by atoms with E-state index in [-0.39, 0.29) is 16.3 Å². The highest BCUT2D eigenvalue weighted by Crippen LogP contribution is 2.29. The number of rotatable bonds is 4. The fraction of sp³-hybridized carbons (Fsp3) is 0.188. The highest BCUT2D eigenvalue weighted by atomic mass is 35.5. The van der Waals surface area contributed by atoms with E-state index in [0.29, 0.717) is 11.3 Å². The van der Waals surface area contributed by atoms with Crippen molar-refractivity contribution in [2.75, 3.05) is 5.32 Å². The van der Waals surface area contributed by atoms with Gasteiger partial charge in [-0.3, -0.25) is 4.79 Å². The van der Waals surface area contributed by atoms with Gasteiger partial charge in [0.15, 0.2) is 5.65 Å². The maximum Gasteiger partial charge on any atom is 0.387 e. The zero-order valence-electron chi connectivity index (χ0n) is 13.3. The van der Waals surface area contributed by atoms with Crippen LogP contribution in [0.3, 0.4) is 0 Å². The van der Waals surface area contributed by atoms with Crippen LogP contribution < -0.4 is 10.1 Å². The first-order chi connectivity index (χ1) is 11.8. The lowest BCUT2D eigenvalue weighted by Gasteiger charge is -2.09. The second-order valence-corrected chi connectivity index (χ2v) is 5.72. The van der Waals surface area contributed by atoms with Crippen LogP contribution in [-0.2, 0) is 0 Å². The third-order valence-electron chi connectivity index (χ3n) is 3.43. The van der Waals surface area contributed by atoms with Crippen molar-refractivity contribution in [3.8, 4) is 5.75 Å². The molecule has 3 aromatic rings. The van der Waals surface area contributed by atoms with Crippen molar-refractivity contribution in [1.29, 1.82) is 0 Å². The Kier molecular flexibility index (Phi) is 4.54. The lowest BCUT2D eigenvalue weighted by molar-refractivity contribution is -0.0497. The van der Waals surface area contributed by atoms with Crippen molar-refractivity contribution in [2.45, 2.75) is 20.5 Å². The van der Waals surface area contributed by atoms with Gasteiger partial charge in [0.2, 0.25) is 0 Å².